The number of para-hydroxylation sites is 1. The van der Waals surface area contributed by atoms with E-state index in [4.69, 9.17) is 4.74 Å². The number of amides is 1. The highest BCUT2D eigenvalue weighted by Crippen LogP contribution is 2.22. The molecule has 0 bridgehead atoms. The molecule has 0 fully saturated rings. The molecule has 0 radical (unpaired) electrons. The third kappa shape index (κ3) is 5.56. The molecule has 0 unspecified atom stereocenters. The van der Waals surface area contributed by atoms with Crippen LogP contribution in [0.2, 0.25) is 0 Å². The zero-order valence-corrected chi connectivity index (χ0v) is 21.0. The van der Waals surface area contributed by atoms with Gasteiger partial charge in [-0.1, -0.05) is 45.9 Å². The lowest BCUT2D eigenvalue weighted by Gasteiger charge is -2.14. The molecule has 9 nitrogen and oxygen atoms in total. The number of nitrogens with one attached hydrogen (secondary N) is 1. The van der Waals surface area contributed by atoms with Crippen molar-refractivity contribution in [3.05, 3.63) is 81.8 Å². The van der Waals surface area contributed by atoms with E-state index in [1.165, 1.54) is 4.57 Å². The zero-order chi connectivity index (χ0) is 25.8. The van der Waals surface area contributed by atoms with Crippen LogP contribution in [0.5, 0.6) is 11.5 Å². The summed E-state index contributed by atoms with van der Waals surface area (Å²) in [5, 5.41) is 2.76. The van der Waals surface area contributed by atoms with Crippen LogP contribution in [0.1, 0.15) is 27.7 Å². The summed E-state index contributed by atoms with van der Waals surface area (Å²) in [6, 6.07) is 16.3. The molecule has 188 valence electrons. The van der Waals surface area contributed by atoms with Crippen LogP contribution in [0.25, 0.3) is 11.2 Å². The van der Waals surface area contributed by atoms with E-state index in [0.29, 0.717) is 41.4 Å². The fraction of sp³-hybridized carbons (Fsp3) is 0.333. The van der Waals surface area contributed by atoms with Crippen molar-refractivity contribution in [3.8, 4) is 11.5 Å². The van der Waals surface area contributed by atoms with Crippen molar-refractivity contribution >= 4 is 22.8 Å². The summed E-state index contributed by atoms with van der Waals surface area (Å²) < 4.78 is 10.0. The van der Waals surface area contributed by atoms with E-state index >= 15 is 0 Å². The largest absolute Gasteiger partial charge is 0.457 e. The highest BCUT2D eigenvalue weighted by molar-refractivity contribution is 5.90. The lowest BCUT2D eigenvalue weighted by Crippen LogP contribution is -2.43. The number of fused-ring (bicyclic) bond motifs is 1. The maximum atomic E-state index is 13.3. The Morgan fingerprint density at radius 1 is 0.889 bits per heavy atom. The summed E-state index contributed by atoms with van der Waals surface area (Å²) in [7, 11) is 0. The third-order valence-corrected chi connectivity index (χ3v) is 5.51. The lowest BCUT2D eigenvalue weighted by atomic mass is 10.2. The number of hydrogen-bond acceptors (Lipinski definition) is 5. The summed E-state index contributed by atoms with van der Waals surface area (Å²) in [5.41, 5.74) is 0.152. The number of rotatable bonds is 9. The van der Waals surface area contributed by atoms with Crippen molar-refractivity contribution in [3.63, 3.8) is 0 Å². The van der Waals surface area contributed by atoms with Gasteiger partial charge in [0.25, 0.3) is 5.56 Å². The molecule has 1 amide bonds. The Labute approximate surface area is 209 Å². The second kappa shape index (κ2) is 10.6. The van der Waals surface area contributed by atoms with Gasteiger partial charge in [-0.05, 0) is 48.2 Å². The molecule has 0 aliphatic carbocycles. The van der Waals surface area contributed by atoms with Gasteiger partial charge in [-0.25, -0.2) is 14.3 Å². The van der Waals surface area contributed by atoms with Gasteiger partial charge in [0.2, 0.25) is 5.91 Å². The summed E-state index contributed by atoms with van der Waals surface area (Å²) >= 11 is 0. The van der Waals surface area contributed by atoms with Gasteiger partial charge < -0.3 is 14.6 Å². The molecule has 0 saturated carbocycles. The van der Waals surface area contributed by atoms with Gasteiger partial charge in [-0.3, -0.25) is 14.2 Å². The number of carbonyl (C=O) groups is 1. The molecule has 4 rings (SSSR count). The Morgan fingerprint density at radius 2 is 1.53 bits per heavy atom. The van der Waals surface area contributed by atoms with Gasteiger partial charge in [0.15, 0.2) is 11.2 Å². The van der Waals surface area contributed by atoms with Crippen LogP contribution in [-0.2, 0) is 24.4 Å². The first kappa shape index (κ1) is 25.0. The zero-order valence-electron chi connectivity index (χ0n) is 21.0. The van der Waals surface area contributed by atoms with Gasteiger partial charge in [-0.15, -0.1) is 0 Å². The molecule has 2 aromatic carbocycles. The molecule has 1 N–H and O–H groups in total. The highest BCUT2D eigenvalue weighted by Gasteiger charge is 2.20. The topological polar surface area (TPSA) is 100 Å². The van der Waals surface area contributed by atoms with E-state index in [-0.39, 0.29) is 11.8 Å². The summed E-state index contributed by atoms with van der Waals surface area (Å²) in [5.74, 6) is 1.28. The molecule has 2 aromatic heterocycles. The smallest absolute Gasteiger partial charge is 0.333 e. The minimum absolute atomic E-state index is 0.151. The molecule has 36 heavy (non-hydrogen) atoms. The van der Waals surface area contributed by atoms with Crippen molar-refractivity contribution in [2.24, 2.45) is 11.8 Å². The van der Waals surface area contributed by atoms with Gasteiger partial charge in [0.1, 0.15) is 18.0 Å². The van der Waals surface area contributed by atoms with Crippen molar-refractivity contribution in [1.29, 1.82) is 0 Å². The maximum Gasteiger partial charge on any atom is 0.333 e. The first-order valence-electron chi connectivity index (χ1n) is 12.0. The molecule has 0 spiro atoms. The van der Waals surface area contributed by atoms with Crippen molar-refractivity contribution in [1.82, 2.24) is 18.7 Å². The predicted molar refractivity (Wildman–Crippen MR) is 140 cm³/mol. The number of aromatic nitrogens is 4. The number of anilines is 1. The molecule has 9 heteroatoms. The number of carbonyl (C=O) groups excluding carboxylic acids is 1. The van der Waals surface area contributed by atoms with Crippen molar-refractivity contribution in [2.45, 2.75) is 47.3 Å². The van der Waals surface area contributed by atoms with E-state index in [9.17, 15) is 14.4 Å². The molecule has 0 aliphatic heterocycles. The molecule has 0 aliphatic rings. The molecule has 0 saturated heterocycles. The number of imidazole rings is 1. The first-order chi connectivity index (χ1) is 17.2. The third-order valence-electron chi connectivity index (χ3n) is 5.51. The van der Waals surface area contributed by atoms with E-state index in [2.05, 4.69) is 10.3 Å². The molecular formula is C27H31N5O4. The number of benzene rings is 2. The SMILES string of the molecule is CC(C)Cn1cnc2c1c(=O)n(CC(=O)Nc1ccc(Oc3ccccc3)cc1)c(=O)n2CC(C)C. The summed E-state index contributed by atoms with van der Waals surface area (Å²) in [6.07, 6.45) is 1.59. The van der Waals surface area contributed by atoms with Crippen LogP contribution in [0.3, 0.4) is 0 Å². The summed E-state index contributed by atoms with van der Waals surface area (Å²) in [4.78, 5) is 43.8. The van der Waals surface area contributed by atoms with Crippen molar-refractivity contribution in [2.75, 3.05) is 5.32 Å². The van der Waals surface area contributed by atoms with Crippen LogP contribution in [0, 0.1) is 11.8 Å². The Bertz CT molecular complexity index is 1460. The predicted octanol–water partition coefficient (Wildman–Crippen LogP) is 4.10. The standard InChI is InChI=1S/C27H31N5O4/c1-18(2)14-30-17-28-25-24(30)26(34)32(27(35)31(25)15-19(3)4)16-23(33)29-20-10-12-22(13-11-20)36-21-8-6-5-7-9-21/h5-13,17-19H,14-16H2,1-4H3,(H,29,33). The monoisotopic (exact) mass is 489 g/mol. The normalized spacial score (nSPS) is 11.4. The van der Waals surface area contributed by atoms with Crippen molar-refractivity contribution < 1.29 is 9.53 Å². The van der Waals surface area contributed by atoms with Crippen LogP contribution in [0.15, 0.2) is 70.5 Å². The average Bonchev–Trinajstić information content (AvgIpc) is 3.24. The van der Waals surface area contributed by atoms with Crippen LogP contribution < -0.4 is 21.3 Å². The number of nitrogens with zero attached hydrogens (tertiary/aromatic N) is 4. The molecule has 2 heterocycles. The van der Waals surface area contributed by atoms with Crippen LogP contribution >= 0.6 is 0 Å². The van der Waals surface area contributed by atoms with Gasteiger partial charge in [-0.2, -0.15) is 0 Å². The number of ether oxygens (including phenoxy) is 1. The lowest BCUT2D eigenvalue weighted by molar-refractivity contribution is -0.116. The van der Waals surface area contributed by atoms with Crippen LogP contribution in [0.4, 0.5) is 5.69 Å². The summed E-state index contributed by atoms with van der Waals surface area (Å²) in [6.45, 7) is 8.61. The highest BCUT2D eigenvalue weighted by atomic mass is 16.5. The molecule has 0 atom stereocenters. The minimum atomic E-state index is -0.544. The van der Waals surface area contributed by atoms with Gasteiger partial charge in [0.05, 0.1) is 6.33 Å². The van der Waals surface area contributed by atoms with E-state index < -0.39 is 23.7 Å². The van der Waals surface area contributed by atoms with E-state index in [1.807, 2.05) is 58.0 Å². The fourth-order valence-corrected chi connectivity index (χ4v) is 4.01. The van der Waals surface area contributed by atoms with Gasteiger partial charge in [0, 0.05) is 18.8 Å². The van der Waals surface area contributed by atoms with E-state index in [1.54, 1.807) is 35.2 Å². The average molecular weight is 490 g/mol. The van der Waals surface area contributed by atoms with Gasteiger partial charge >= 0.3 is 5.69 Å². The second-order valence-corrected chi connectivity index (χ2v) is 9.63. The van der Waals surface area contributed by atoms with Crippen LogP contribution in [-0.4, -0.2) is 24.6 Å². The maximum absolute atomic E-state index is 13.3. The Balaban J connectivity index is 1.59. The first-order valence-corrected chi connectivity index (χ1v) is 12.0. The number of hydrogen-bond donors (Lipinski definition) is 1. The minimum Gasteiger partial charge on any atom is -0.457 e. The Hall–Kier alpha value is -4.14. The van der Waals surface area contributed by atoms with E-state index in [0.717, 1.165) is 4.57 Å². The molecular weight excluding hydrogens is 458 g/mol. The quantitative estimate of drug-likeness (QED) is 0.382. The second-order valence-electron chi connectivity index (χ2n) is 9.63. The Kier molecular flexibility index (Phi) is 7.38. The molecule has 4 aromatic rings. The Morgan fingerprint density at radius 3 is 2.17 bits per heavy atom. The fourth-order valence-electron chi connectivity index (χ4n) is 4.01.